The van der Waals surface area contributed by atoms with Crippen LogP contribution in [0, 0.1) is 23.7 Å². The first-order chi connectivity index (χ1) is 29.2. The van der Waals surface area contributed by atoms with Gasteiger partial charge in [0.25, 0.3) is 5.92 Å². The third-order valence-electron chi connectivity index (χ3n) is 14.4. The maximum atomic E-state index is 17.6. The molecular weight excluding hydrogens is 719 g/mol. The number of para-hydroxylation sites is 3. The number of fused-ring (bicyclic) bond motifs is 4. The highest BCUT2D eigenvalue weighted by molar-refractivity contribution is 6.09. The number of pyridine rings is 1. The zero-order valence-corrected chi connectivity index (χ0v) is 33.3. The van der Waals surface area contributed by atoms with Gasteiger partial charge in [-0.2, -0.15) is 8.78 Å². The van der Waals surface area contributed by atoms with Gasteiger partial charge in [0.15, 0.2) is 0 Å². The zero-order valence-electron chi connectivity index (χ0n) is 36.3. The molecule has 4 fully saturated rings. The Morgan fingerprint density at radius 1 is 0.638 bits per heavy atom. The van der Waals surface area contributed by atoms with Gasteiger partial charge in [-0.3, -0.25) is 4.57 Å². The van der Waals surface area contributed by atoms with E-state index in [2.05, 4.69) is 59.2 Å². The van der Waals surface area contributed by atoms with Crippen LogP contribution in [0.1, 0.15) is 84.8 Å². The fourth-order valence-electron chi connectivity index (χ4n) is 11.9. The van der Waals surface area contributed by atoms with Crippen LogP contribution < -0.4 is 9.80 Å². The largest absolute Gasteiger partial charge is 0.355 e. The van der Waals surface area contributed by atoms with Gasteiger partial charge < -0.3 is 9.80 Å². The quantitative estimate of drug-likeness (QED) is 0.168. The molecule has 2 aromatic heterocycles. The lowest BCUT2D eigenvalue weighted by atomic mass is 9.42. The molecule has 4 aliphatic carbocycles. The fraction of sp³-hybridized carbons (Fsp3) is 0.327. The molecule has 6 heteroatoms. The average molecular weight is 772 g/mol. The number of benzene rings is 5. The van der Waals surface area contributed by atoms with Gasteiger partial charge in [-0.25, -0.2) is 4.98 Å². The van der Waals surface area contributed by atoms with Crippen LogP contribution in [0.2, 0.25) is 0 Å². The zero-order chi connectivity index (χ0) is 42.1. The summed E-state index contributed by atoms with van der Waals surface area (Å²) in [7, 11) is 0. The lowest BCUT2D eigenvalue weighted by molar-refractivity contribution is -0.0418. The van der Waals surface area contributed by atoms with Gasteiger partial charge in [0.2, 0.25) is 0 Å². The van der Waals surface area contributed by atoms with Crippen LogP contribution in [-0.4, -0.2) is 23.2 Å². The molecule has 58 heavy (non-hydrogen) atoms. The minimum atomic E-state index is -3.40. The first kappa shape index (κ1) is 32.5. The van der Waals surface area contributed by atoms with Crippen molar-refractivity contribution in [3.8, 4) is 5.82 Å². The monoisotopic (exact) mass is 771 g/mol. The maximum Gasteiger partial charge on any atom is 0.298 e. The van der Waals surface area contributed by atoms with Crippen molar-refractivity contribution in [1.82, 2.24) is 9.55 Å². The summed E-state index contributed by atoms with van der Waals surface area (Å²) in [6, 6.07) is 41.1. The van der Waals surface area contributed by atoms with Crippen molar-refractivity contribution >= 4 is 38.9 Å². The molecule has 0 unspecified atom stereocenters. The number of hydrogen-bond acceptors (Lipinski definition) is 3. The molecule has 0 radical (unpaired) electrons. The second-order valence-electron chi connectivity index (χ2n) is 18.6. The summed E-state index contributed by atoms with van der Waals surface area (Å²) >= 11 is 0. The van der Waals surface area contributed by atoms with E-state index < -0.39 is 18.3 Å². The molecule has 4 bridgehead atoms. The van der Waals surface area contributed by atoms with Gasteiger partial charge in [0.05, 0.1) is 29.1 Å². The summed E-state index contributed by atoms with van der Waals surface area (Å²) < 4.78 is 62.0. The molecule has 4 nitrogen and oxygen atoms in total. The molecule has 3 heterocycles. The molecule has 0 atom stereocenters. The predicted molar refractivity (Wildman–Crippen MR) is 233 cm³/mol. The molecule has 5 aromatic carbocycles. The Labute approximate surface area is 344 Å². The van der Waals surface area contributed by atoms with Crippen LogP contribution in [0.5, 0.6) is 0 Å². The summed E-state index contributed by atoms with van der Waals surface area (Å²) in [6.07, 6.45) is 8.27. The molecule has 5 aliphatic rings. The van der Waals surface area contributed by atoms with Crippen LogP contribution >= 0.6 is 0 Å². The normalized spacial score (nSPS) is 24.9. The number of nitrogens with zero attached hydrogens (tertiary/aromatic N) is 4. The van der Waals surface area contributed by atoms with E-state index >= 15 is 8.78 Å². The number of rotatable bonds is 6. The van der Waals surface area contributed by atoms with Crippen molar-refractivity contribution in [3.05, 3.63) is 161 Å². The van der Waals surface area contributed by atoms with Crippen LogP contribution in [0.25, 0.3) is 27.6 Å². The van der Waals surface area contributed by atoms with Gasteiger partial charge in [-0.15, -0.1) is 0 Å². The van der Waals surface area contributed by atoms with Crippen LogP contribution in [0.3, 0.4) is 0 Å². The highest BCUT2D eigenvalue weighted by Gasteiger charge is 2.58. The third kappa shape index (κ3) is 5.25. The van der Waals surface area contributed by atoms with Gasteiger partial charge >= 0.3 is 0 Å². The molecule has 1 aliphatic heterocycles. The van der Waals surface area contributed by atoms with E-state index in [1.807, 2.05) is 68.3 Å². The summed E-state index contributed by atoms with van der Waals surface area (Å²) in [5.41, 5.74) is 5.86. The van der Waals surface area contributed by atoms with Crippen LogP contribution in [0.4, 0.5) is 25.8 Å². The summed E-state index contributed by atoms with van der Waals surface area (Å²) in [4.78, 5) is 8.22. The van der Waals surface area contributed by atoms with E-state index in [9.17, 15) is 0 Å². The molecule has 0 amide bonds. The summed E-state index contributed by atoms with van der Waals surface area (Å²) in [6.45, 7) is 3.65. The number of halogens is 2. The van der Waals surface area contributed by atoms with E-state index in [0.717, 1.165) is 39.5 Å². The lowest BCUT2D eigenvalue weighted by Gasteiger charge is -2.62. The van der Waals surface area contributed by atoms with Gasteiger partial charge in [-0.1, -0.05) is 93.6 Å². The lowest BCUT2D eigenvalue weighted by Crippen LogP contribution is -2.56. The van der Waals surface area contributed by atoms with Crippen molar-refractivity contribution < 1.29 is 12.9 Å². The first-order valence-corrected chi connectivity index (χ1v) is 21.0. The van der Waals surface area contributed by atoms with Crippen molar-refractivity contribution in [2.45, 2.75) is 69.6 Å². The number of alkyl halides is 2. The molecule has 0 N–H and O–H groups in total. The number of hydrogen-bond donors (Lipinski definition) is 0. The highest BCUT2D eigenvalue weighted by atomic mass is 19.3. The van der Waals surface area contributed by atoms with E-state index in [0.29, 0.717) is 34.4 Å². The Balaban J connectivity index is 1.06. The summed E-state index contributed by atoms with van der Waals surface area (Å²) in [5, 5.41) is 1.87. The summed E-state index contributed by atoms with van der Waals surface area (Å²) in [5.74, 6) is 0.0216. The number of anilines is 3. The molecular formula is C52H50F2N4. The maximum absolute atomic E-state index is 17.6. The Morgan fingerprint density at radius 2 is 1.31 bits per heavy atom. The number of aromatic nitrogens is 2. The highest BCUT2D eigenvalue weighted by Crippen LogP contribution is 2.65. The van der Waals surface area contributed by atoms with E-state index in [-0.39, 0.29) is 23.2 Å². The fourth-order valence-corrected chi connectivity index (χ4v) is 11.9. The minimum absolute atomic E-state index is 0.0147. The van der Waals surface area contributed by atoms with Crippen molar-refractivity contribution in [2.24, 2.45) is 23.7 Å². The van der Waals surface area contributed by atoms with Gasteiger partial charge in [0.1, 0.15) is 5.82 Å². The molecule has 4 saturated carbocycles. The molecule has 292 valence electrons. The van der Waals surface area contributed by atoms with Gasteiger partial charge in [-0.05, 0) is 132 Å². The Morgan fingerprint density at radius 3 is 2.05 bits per heavy atom. The van der Waals surface area contributed by atoms with E-state index in [1.54, 1.807) is 30.3 Å². The smallest absolute Gasteiger partial charge is 0.298 e. The third-order valence-corrected chi connectivity index (χ3v) is 14.4. The first-order valence-electron chi connectivity index (χ1n) is 22.5. The predicted octanol–water partition coefficient (Wildman–Crippen LogP) is 12.9. The second kappa shape index (κ2) is 12.8. The van der Waals surface area contributed by atoms with Gasteiger partial charge in [0, 0.05) is 50.3 Å². The second-order valence-corrected chi connectivity index (χ2v) is 18.6. The molecule has 7 aromatic rings. The standard InChI is InChI=1S/C52H50F2N4/c1-50(2,3)38-27-41(29-42(28-38)57-32-56(4)46-16-10-11-17-47(46)57)52(53,54)37-18-19-44-43-14-8-9-15-45(43)58(48(44)30-37)49-31-36(20-21-55-49)51(35-12-6-5-7-13-35)39-23-33-22-34(25-39)26-40(51)24-33/h5-21,27-31,33-34,39-40H,22-26,32H2,1-4H3/i4D3. The van der Waals surface area contributed by atoms with Crippen molar-refractivity contribution in [2.75, 3.05) is 23.4 Å². The minimum Gasteiger partial charge on any atom is -0.355 e. The van der Waals surface area contributed by atoms with E-state index in [1.165, 1.54) is 54.2 Å². The topological polar surface area (TPSA) is 24.3 Å². The Bertz CT molecular complexity index is 2810. The Hall–Kier alpha value is -5.49. The molecule has 12 rings (SSSR count). The van der Waals surface area contributed by atoms with Crippen LogP contribution in [-0.2, 0) is 16.8 Å². The van der Waals surface area contributed by atoms with Crippen molar-refractivity contribution in [3.63, 3.8) is 0 Å². The van der Waals surface area contributed by atoms with E-state index in [4.69, 9.17) is 9.10 Å². The van der Waals surface area contributed by atoms with Crippen LogP contribution in [0.15, 0.2) is 134 Å². The average Bonchev–Trinajstić information content (AvgIpc) is 3.80. The molecule has 0 spiro atoms. The Kier molecular flexibility index (Phi) is 7.14. The van der Waals surface area contributed by atoms with Crippen molar-refractivity contribution in [1.29, 1.82) is 0 Å². The SMILES string of the molecule is [2H]C([2H])([2H])N1CN(c2cc(C(C)(C)C)cc(C(F)(F)c3ccc4c5ccccc5n(-c5cc(C6(c7ccccc7)C7CC8CC(C7)CC6C8)ccn5)c4c3)c2)c2ccccc21. The molecule has 0 saturated heterocycles.